The summed E-state index contributed by atoms with van der Waals surface area (Å²) in [5, 5.41) is 18.3. The zero-order valence-electron chi connectivity index (χ0n) is 17.6. The Bertz CT molecular complexity index is 1200. The van der Waals surface area contributed by atoms with Crippen molar-refractivity contribution in [3.8, 4) is 34.4 Å². The predicted octanol–water partition coefficient (Wildman–Crippen LogP) is 7.09. The molecule has 31 heavy (non-hydrogen) atoms. The van der Waals surface area contributed by atoms with Crippen LogP contribution in [0.1, 0.15) is 36.1 Å². The molecule has 0 saturated heterocycles. The second-order valence-corrected chi connectivity index (χ2v) is 8.09. The van der Waals surface area contributed by atoms with Crippen LogP contribution in [0.25, 0.3) is 22.3 Å². The van der Waals surface area contributed by atoms with Gasteiger partial charge in [0.25, 0.3) is 0 Å². The van der Waals surface area contributed by atoms with E-state index in [1.165, 1.54) is 11.1 Å². The Morgan fingerprint density at radius 3 is 1.23 bits per heavy atom. The Hall–Kier alpha value is -4.14. The third kappa shape index (κ3) is 3.85. The van der Waals surface area contributed by atoms with Gasteiger partial charge in [-0.2, -0.15) is 10.5 Å². The van der Waals surface area contributed by atoms with E-state index < -0.39 is 0 Å². The number of hydrogen-bond donors (Lipinski definition) is 0. The fourth-order valence-electron chi connectivity index (χ4n) is 4.15. The van der Waals surface area contributed by atoms with E-state index in [1.807, 2.05) is 48.5 Å². The molecule has 4 rings (SSSR count). The van der Waals surface area contributed by atoms with Gasteiger partial charge in [0.15, 0.2) is 0 Å². The lowest BCUT2D eigenvalue weighted by Gasteiger charge is -2.31. The van der Waals surface area contributed by atoms with Crippen LogP contribution in [0.4, 0.5) is 0 Å². The topological polar surface area (TPSA) is 47.6 Å². The first-order valence-corrected chi connectivity index (χ1v) is 10.2. The molecule has 4 aromatic carbocycles. The van der Waals surface area contributed by atoms with Crippen molar-refractivity contribution in [3.63, 3.8) is 0 Å². The van der Waals surface area contributed by atoms with Gasteiger partial charge >= 0.3 is 0 Å². The first-order valence-electron chi connectivity index (χ1n) is 10.2. The highest BCUT2D eigenvalue weighted by Crippen LogP contribution is 2.41. The van der Waals surface area contributed by atoms with Crippen LogP contribution in [0, 0.1) is 22.7 Å². The van der Waals surface area contributed by atoms with Crippen LogP contribution in [-0.4, -0.2) is 0 Å². The second kappa shape index (κ2) is 8.31. The van der Waals surface area contributed by atoms with Gasteiger partial charge in [0, 0.05) is 5.41 Å². The lowest BCUT2D eigenvalue weighted by molar-refractivity contribution is 0.644. The average molecular weight is 399 g/mol. The summed E-state index contributed by atoms with van der Waals surface area (Å²) in [4.78, 5) is 0. The SMILES string of the molecule is CC(C)(c1ccccc1-c1ccc(C#N)cc1)c1ccccc1-c1ccc(C#N)cc1. The molecule has 2 nitrogen and oxygen atoms in total. The maximum absolute atomic E-state index is 9.14. The average Bonchev–Trinajstić information content (AvgIpc) is 2.84. The highest BCUT2D eigenvalue weighted by atomic mass is 14.3. The molecule has 0 N–H and O–H groups in total. The Morgan fingerprint density at radius 1 is 0.516 bits per heavy atom. The van der Waals surface area contributed by atoms with Gasteiger partial charge in [0.2, 0.25) is 0 Å². The number of nitriles is 2. The first-order chi connectivity index (χ1) is 15.0. The monoisotopic (exact) mass is 398 g/mol. The van der Waals surface area contributed by atoms with Crippen LogP contribution in [-0.2, 0) is 5.41 Å². The standard InChI is InChI=1S/C29H22N2/c1-29(2,27-9-5-3-7-25(27)23-15-11-21(19-30)12-16-23)28-10-6-4-8-26(28)24-17-13-22(20-31)14-18-24/h3-18H,1-2H3. The molecule has 0 aliphatic carbocycles. The van der Waals surface area contributed by atoms with Crippen molar-refractivity contribution in [1.29, 1.82) is 10.5 Å². The fraction of sp³-hybridized carbons (Fsp3) is 0.103. The number of benzene rings is 4. The van der Waals surface area contributed by atoms with Gasteiger partial charge in [-0.25, -0.2) is 0 Å². The van der Waals surface area contributed by atoms with E-state index in [2.05, 4.69) is 74.5 Å². The zero-order chi connectivity index (χ0) is 21.8. The molecule has 0 spiro atoms. The smallest absolute Gasteiger partial charge is 0.0991 e. The number of rotatable bonds is 4. The summed E-state index contributed by atoms with van der Waals surface area (Å²) in [6.45, 7) is 4.50. The summed E-state index contributed by atoms with van der Waals surface area (Å²) < 4.78 is 0. The Balaban J connectivity index is 1.85. The molecule has 0 aliphatic rings. The summed E-state index contributed by atoms with van der Waals surface area (Å²) in [6, 6.07) is 36.8. The van der Waals surface area contributed by atoms with Gasteiger partial charge in [-0.15, -0.1) is 0 Å². The molecule has 0 radical (unpaired) electrons. The number of nitrogens with zero attached hydrogens (tertiary/aromatic N) is 2. The van der Waals surface area contributed by atoms with Crippen molar-refractivity contribution in [2.75, 3.05) is 0 Å². The minimum atomic E-state index is -0.269. The van der Waals surface area contributed by atoms with Crippen molar-refractivity contribution < 1.29 is 0 Å². The molecule has 0 atom stereocenters. The molecular weight excluding hydrogens is 376 g/mol. The van der Waals surface area contributed by atoms with Gasteiger partial charge in [-0.05, 0) is 57.6 Å². The van der Waals surface area contributed by atoms with E-state index in [4.69, 9.17) is 10.5 Å². The van der Waals surface area contributed by atoms with Crippen LogP contribution >= 0.6 is 0 Å². The third-order valence-corrected chi connectivity index (χ3v) is 5.85. The molecule has 2 heteroatoms. The summed E-state index contributed by atoms with van der Waals surface area (Å²) in [7, 11) is 0. The second-order valence-electron chi connectivity index (χ2n) is 8.09. The molecular formula is C29H22N2. The van der Waals surface area contributed by atoms with Crippen molar-refractivity contribution in [2.24, 2.45) is 0 Å². The van der Waals surface area contributed by atoms with Crippen molar-refractivity contribution >= 4 is 0 Å². The Labute approximate surface area is 183 Å². The van der Waals surface area contributed by atoms with Gasteiger partial charge in [0.05, 0.1) is 23.3 Å². The highest BCUT2D eigenvalue weighted by Gasteiger charge is 2.28. The molecule has 0 bridgehead atoms. The van der Waals surface area contributed by atoms with Crippen LogP contribution < -0.4 is 0 Å². The van der Waals surface area contributed by atoms with Crippen LogP contribution in [0.5, 0.6) is 0 Å². The van der Waals surface area contributed by atoms with E-state index in [9.17, 15) is 0 Å². The molecule has 148 valence electrons. The minimum Gasteiger partial charge on any atom is -0.192 e. The van der Waals surface area contributed by atoms with Crippen LogP contribution in [0.3, 0.4) is 0 Å². The quantitative estimate of drug-likeness (QED) is 0.368. The summed E-state index contributed by atoms with van der Waals surface area (Å²) >= 11 is 0. The normalized spacial score (nSPS) is 10.8. The maximum Gasteiger partial charge on any atom is 0.0991 e. The molecule has 0 aliphatic heterocycles. The summed E-state index contributed by atoms with van der Waals surface area (Å²) in [6.07, 6.45) is 0. The van der Waals surface area contributed by atoms with Crippen LogP contribution in [0.2, 0.25) is 0 Å². The summed E-state index contributed by atoms with van der Waals surface area (Å²) in [5.41, 5.74) is 8.00. The van der Waals surface area contributed by atoms with Gasteiger partial charge in [-0.3, -0.25) is 0 Å². The minimum absolute atomic E-state index is 0.269. The maximum atomic E-state index is 9.14. The van der Waals surface area contributed by atoms with Crippen LogP contribution in [0.15, 0.2) is 97.1 Å². The van der Waals surface area contributed by atoms with Gasteiger partial charge < -0.3 is 0 Å². The van der Waals surface area contributed by atoms with E-state index in [0.29, 0.717) is 11.1 Å². The van der Waals surface area contributed by atoms with Crippen molar-refractivity contribution in [3.05, 3.63) is 119 Å². The lowest BCUT2D eigenvalue weighted by atomic mass is 9.72. The summed E-state index contributed by atoms with van der Waals surface area (Å²) in [5.74, 6) is 0. The predicted molar refractivity (Wildman–Crippen MR) is 125 cm³/mol. The van der Waals surface area contributed by atoms with E-state index >= 15 is 0 Å². The molecule has 0 amide bonds. The molecule has 0 heterocycles. The Morgan fingerprint density at radius 2 is 0.871 bits per heavy atom. The molecule has 0 fully saturated rings. The highest BCUT2D eigenvalue weighted by molar-refractivity contribution is 5.75. The van der Waals surface area contributed by atoms with Gasteiger partial charge in [0.1, 0.15) is 0 Å². The molecule has 0 saturated carbocycles. The lowest BCUT2D eigenvalue weighted by Crippen LogP contribution is -2.21. The third-order valence-electron chi connectivity index (χ3n) is 5.85. The van der Waals surface area contributed by atoms with E-state index in [1.54, 1.807) is 0 Å². The largest absolute Gasteiger partial charge is 0.192 e. The van der Waals surface area contributed by atoms with Gasteiger partial charge in [-0.1, -0.05) is 86.6 Å². The number of hydrogen-bond acceptors (Lipinski definition) is 2. The molecule has 4 aromatic rings. The van der Waals surface area contributed by atoms with Crippen molar-refractivity contribution in [2.45, 2.75) is 19.3 Å². The van der Waals surface area contributed by atoms with E-state index in [0.717, 1.165) is 22.3 Å². The first kappa shape index (κ1) is 20.1. The Kier molecular flexibility index (Phi) is 5.40. The van der Waals surface area contributed by atoms with Crippen molar-refractivity contribution in [1.82, 2.24) is 0 Å². The molecule has 0 aromatic heterocycles. The fourth-order valence-corrected chi connectivity index (χ4v) is 4.15. The molecule has 0 unspecified atom stereocenters. The van der Waals surface area contributed by atoms with E-state index in [-0.39, 0.29) is 5.41 Å². The zero-order valence-corrected chi connectivity index (χ0v) is 17.6.